The predicted octanol–water partition coefficient (Wildman–Crippen LogP) is 2.68. The third-order valence-corrected chi connectivity index (χ3v) is 3.79. The van der Waals surface area contributed by atoms with Gasteiger partial charge in [0, 0.05) is 24.7 Å². The number of aromatic nitrogens is 2. The molecule has 22 heavy (non-hydrogen) atoms. The van der Waals surface area contributed by atoms with Gasteiger partial charge in [0.2, 0.25) is 5.91 Å². The van der Waals surface area contributed by atoms with Gasteiger partial charge in [-0.2, -0.15) is 0 Å². The van der Waals surface area contributed by atoms with Crippen LogP contribution in [0.5, 0.6) is 0 Å². The number of hydrogen-bond acceptors (Lipinski definition) is 5. The molecule has 118 valence electrons. The largest absolute Gasteiger partial charge is 0.379 e. The van der Waals surface area contributed by atoms with Crippen LogP contribution < -0.4 is 5.32 Å². The smallest absolute Gasteiger partial charge is 0.226 e. The van der Waals surface area contributed by atoms with Crippen LogP contribution in [0.4, 0.5) is 0 Å². The monoisotopic (exact) mass is 319 g/mol. The van der Waals surface area contributed by atoms with Gasteiger partial charge >= 0.3 is 0 Å². The number of pyridine rings is 1. The summed E-state index contributed by atoms with van der Waals surface area (Å²) in [4.78, 5) is 20.6. The summed E-state index contributed by atoms with van der Waals surface area (Å²) < 4.78 is 5.43. The van der Waals surface area contributed by atoms with Crippen molar-refractivity contribution in [3.63, 3.8) is 0 Å². The Bertz CT molecular complexity index is 584. The van der Waals surface area contributed by atoms with Crippen LogP contribution >= 0.6 is 11.3 Å². The van der Waals surface area contributed by atoms with Gasteiger partial charge in [-0.15, -0.1) is 11.3 Å². The molecule has 0 bridgehead atoms. The molecule has 0 saturated carbocycles. The fraction of sp³-hybridized carbons (Fsp3) is 0.438. The summed E-state index contributed by atoms with van der Waals surface area (Å²) in [6.45, 7) is 5.29. The Kier molecular flexibility index (Phi) is 6.48. The van der Waals surface area contributed by atoms with Gasteiger partial charge in [0.1, 0.15) is 5.01 Å². The lowest BCUT2D eigenvalue weighted by Gasteiger charge is -2.07. The van der Waals surface area contributed by atoms with Crippen molar-refractivity contribution in [2.24, 2.45) is 0 Å². The zero-order valence-corrected chi connectivity index (χ0v) is 13.7. The van der Waals surface area contributed by atoms with Crippen LogP contribution in [0.1, 0.15) is 26.0 Å². The number of ether oxygens (including phenoxy) is 1. The molecule has 2 aromatic heterocycles. The lowest BCUT2D eigenvalue weighted by Crippen LogP contribution is -2.27. The van der Waals surface area contributed by atoms with Gasteiger partial charge in [-0.05, 0) is 32.4 Å². The molecule has 0 aliphatic carbocycles. The van der Waals surface area contributed by atoms with Gasteiger partial charge < -0.3 is 10.1 Å². The normalized spacial score (nSPS) is 10.9. The molecule has 0 saturated heterocycles. The number of carbonyl (C=O) groups is 1. The summed E-state index contributed by atoms with van der Waals surface area (Å²) in [7, 11) is 0. The van der Waals surface area contributed by atoms with Gasteiger partial charge in [-0.3, -0.25) is 9.78 Å². The molecule has 0 radical (unpaired) electrons. The lowest BCUT2D eigenvalue weighted by atomic mass is 10.3. The first-order valence-corrected chi connectivity index (χ1v) is 8.27. The first-order valence-electron chi connectivity index (χ1n) is 7.39. The van der Waals surface area contributed by atoms with E-state index in [4.69, 9.17) is 4.74 Å². The van der Waals surface area contributed by atoms with E-state index in [2.05, 4.69) is 15.3 Å². The third kappa shape index (κ3) is 5.54. The standard InChI is InChI=1S/C16H21N3O2S/c1-12(2)21-9-5-8-18-15(20)10-13-11-22-16(19-13)14-6-3-4-7-17-14/h3-4,6-7,11-12H,5,8-10H2,1-2H3,(H,18,20). The third-order valence-electron chi connectivity index (χ3n) is 2.87. The molecular weight excluding hydrogens is 298 g/mol. The van der Waals surface area contributed by atoms with Crippen molar-refractivity contribution in [3.05, 3.63) is 35.5 Å². The number of rotatable bonds is 8. The molecule has 0 spiro atoms. The van der Waals surface area contributed by atoms with Crippen molar-refractivity contribution in [1.82, 2.24) is 15.3 Å². The second-order valence-corrected chi connectivity index (χ2v) is 6.02. The number of hydrogen-bond donors (Lipinski definition) is 1. The Morgan fingerprint density at radius 1 is 1.41 bits per heavy atom. The van der Waals surface area contributed by atoms with Crippen molar-refractivity contribution in [2.45, 2.75) is 32.8 Å². The summed E-state index contributed by atoms with van der Waals surface area (Å²) in [6.07, 6.45) is 3.09. The van der Waals surface area contributed by atoms with Gasteiger partial charge in [0.15, 0.2) is 0 Å². The van der Waals surface area contributed by atoms with Gasteiger partial charge in [-0.1, -0.05) is 6.07 Å². The Morgan fingerprint density at radius 3 is 3.00 bits per heavy atom. The molecule has 2 aromatic rings. The Balaban J connectivity index is 1.74. The maximum atomic E-state index is 11.9. The fourth-order valence-electron chi connectivity index (χ4n) is 1.84. The second kappa shape index (κ2) is 8.60. The highest BCUT2D eigenvalue weighted by molar-refractivity contribution is 7.13. The van der Waals surface area contributed by atoms with E-state index in [-0.39, 0.29) is 12.0 Å². The maximum Gasteiger partial charge on any atom is 0.226 e. The quantitative estimate of drug-likeness (QED) is 0.760. The molecule has 2 rings (SSSR count). The SMILES string of the molecule is CC(C)OCCCNC(=O)Cc1csc(-c2ccccn2)n1. The molecule has 5 nitrogen and oxygen atoms in total. The van der Waals surface area contributed by atoms with Crippen molar-refractivity contribution in [2.75, 3.05) is 13.2 Å². The first kappa shape index (κ1) is 16.6. The zero-order chi connectivity index (χ0) is 15.8. The topological polar surface area (TPSA) is 64.1 Å². The minimum Gasteiger partial charge on any atom is -0.379 e. The molecule has 0 fully saturated rings. The van der Waals surface area contributed by atoms with E-state index in [1.54, 1.807) is 6.20 Å². The second-order valence-electron chi connectivity index (χ2n) is 5.16. The predicted molar refractivity (Wildman–Crippen MR) is 87.8 cm³/mol. The van der Waals surface area contributed by atoms with Gasteiger partial charge in [0.05, 0.1) is 23.9 Å². The van der Waals surface area contributed by atoms with Crippen molar-refractivity contribution in [1.29, 1.82) is 0 Å². The van der Waals surface area contributed by atoms with E-state index < -0.39 is 0 Å². The molecule has 0 aliphatic heterocycles. The van der Waals surface area contributed by atoms with Crippen LogP contribution in [-0.4, -0.2) is 35.1 Å². The van der Waals surface area contributed by atoms with Crippen LogP contribution in [0.2, 0.25) is 0 Å². The lowest BCUT2D eigenvalue weighted by molar-refractivity contribution is -0.120. The Hall–Kier alpha value is -1.79. The van der Waals surface area contributed by atoms with E-state index in [9.17, 15) is 4.79 Å². The van der Waals surface area contributed by atoms with Crippen molar-refractivity contribution >= 4 is 17.2 Å². The summed E-state index contributed by atoms with van der Waals surface area (Å²) in [5, 5.41) is 5.63. The van der Waals surface area contributed by atoms with E-state index >= 15 is 0 Å². The van der Waals surface area contributed by atoms with Crippen LogP contribution in [0.15, 0.2) is 29.8 Å². The zero-order valence-electron chi connectivity index (χ0n) is 12.9. The van der Waals surface area contributed by atoms with Crippen LogP contribution in [0.25, 0.3) is 10.7 Å². The Morgan fingerprint density at radius 2 is 2.27 bits per heavy atom. The average Bonchev–Trinajstić information content (AvgIpc) is 2.96. The number of amides is 1. The highest BCUT2D eigenvalue weighted by Gasteiger charge is 2.09. The molecule has 0 aromatic carbocycles. The van der Waals surface area contributed by atoms with Gasteiger partial charge in [-0.25, -0.2) is 4.98 Å². The minimum absolute atomic E-state index is 0.0117. The molecular formula is C16H21N3O2S. The van der Waals surface area contributed by atoms with Crippen LogP contribution in [-0.2, 0) is 16.0 Å². The number of nitrogens with zero attached hydrogens (tertiary/aromatic N) is 2. The highest BCUT2D eigenvalue weighted by Crippen LogP contribution is 2.21. The number of nitrogens with one attached hydrogen (secondary N) is 1. The first-order chi connectivity index (χ1) is 10.6. The highest BCUT2D eigenvalue weighted by atomic mass is 32.1. The average molecular weight is 319 g/mol. The molecule has 1 N–H and O–H groups in total. The molecule has 2 heterocycles. The summed E-state index contributed by atoms with van der Waals surface area (Å²) in [5.41, 5.74) is 1.62. The minimum atomic E-state index is -0.0117. The molecule has 0 atom stereocenters. The molecule has 6 heteroatoms. The molecule has 0 aliphatic rings. The summed E-state index contributed by atoms with van der Waals surface area (Å²) in [5.74, 6) is -0.0117. The van der Waals surface area contributed by atoms with Crippen molar-refractivity contribution < 1.29 is 9.53 Å². The summed E-state index contributed by atoms with van der Waals surface area (Å²) in [6, 6.07) is 5.71. The molecule has 0 unspecified atom stereocenters. The van der Waals surface area contributed by atoms with Gasteiger partial charge in [0.25, 0.3) is 0 Å². The molecule has 1 amide bonds. The van der Waals surface area contributed by atoms with Crippen molar-refractivity contribution in [3.8, 4) is 10.7 Å². The fourth-order valence-corrected chi connectivity index (χ4v) is 2.64. The van der Waals surface area contributed by atoms with E-state index in [1.807, 2.05) is 37.4 Å². The van der Waals surface area contributed by atoms with E-state index in [0.717, 1.165) is 22.8 Å². The summed E-state index contributed by atoms with van der Waals surface area (Å²) >= 11 is 1.51. The number of carbonyl (C=O) groups excluding carboxylic acids is 1. The maximum absolute atomic E-state index is 11.9. The number of thiazole rings is 1. The van der Waals surface area contributed by atoms with Crippen LogP contribution in [0.3, 0.4) is 0 Å². The Labute approximate surface area is 134 Å². The van der Waals surface area contributed by atoms with E-state index in [0.29, 0.717) is 19.6 Å². The van der Waals surface area contributed by atoms with E-state index in [1.165, 1.54) is 11.3 Å². The van der Waals surface area contributed by atoms with Crippen LogP contribution in [0, 0.1) is 0 Å².